The first-order valence-corrected chi connectivity index (χ1v) is 5.48. The number of aliphatic carboxylic acids is 1. The number of nitro benzene ring substituents is 1. The van der Waals surface area contributed by atoms with Crippen molar-refractivity contribution in [3.63, 3.8) is 0 Å². The number of carboxylic acid groups (broad SMARTS) is 1. The first kappa shape index (κ1) is 13.3. The van der Waals surface area contributed by atoms with Gasteiger partial charge in [-0.25, -0.2) is 4.79 Å². The van der Waals surface area contributed by atoms with Gasteiger partial charge in [-0.05, 0) is 24.3 Å². The summed E-state index contributed by atoms with van der Waals surface area (Å²) < 4.78 is 10.5. The number of non-ortho nitro benzene ring substituents is 1. The third-order valence-corrected chi connectivity index (χ3v) is 2.26. The van der Waals surface area contributed by atoms with Crippen molar-refractivity contribution in [2.75, 3.05) is 0 Å². The lowest BCUT2D eigenvalue weighted by molar-refractivity contribution is -0.384. The summed E-state index contributed by atoms with van der Waals surface area (Å²) in [5.74, 6) is -0.230. The molecule has 0 saturated heterocycles. The first-order chi connectivity index (χ1) is 9.54. The van der Waals surface area contributed by atoms with E-state index in [1.165, 1.54) is 36.4 Å². The Morgan fingerprint density at radius 2 is 1.95 bits per heavy atom. The van der Waals surface area contributed by atoms with E-state index in [0.29, 0.717) is 11.5 Å². The Bertz CT molecular complexity index is 656. The van der Waals surface area contributed by atoms with E-state index < -0.39 is 10.9 Å². The number of furan rings is 1. The van der Waals surface area contributed by atoms with E-state index in [0.717, 1.165) is 6.08 Å². The van der Waals surface area contributed by atoms with E-state index >= 15 is 0 Å². The first-order valence-electron chi connectivity index (χ1n) is 5.48. The Labute approximate surface area is 112 Å². The van der Waals surface area contributed by atoms with Crippen LogP contribution in [0.15, 0.2) is 46.9 Å². The molecule has 102 valence electrons. The van der Waals surface area contributed by atoms with E-state index in [1.54, 1.807) is 6.07 Å². The average Bonchev–Trinajstić information content (AvgIpc) is 2.84. The molecule has 0 aliphatic carbocycles. The summed E-state index contributed by atoms with van der Waals surface area (Å²) in [6.45, 7) is 0. The van der Waals surface area contributed by atoms with Crippen LogP contribution in [0.1, 0.15) is 5.76 Å². The third kappa shape index (κ3) is 3.45. The maximum Gasteiger partial charge on any atom is 0.328 e. The molecule has 7 heteroatoms. The number of rotatable bonds is 5. The lowest BCUT2D eigenvalue weighted by Crippen LogP contribution is -1.87. The molecule has 20 heavy (non-hydrogen) atoms. The van der Waals surface area contributed by atoms with Crippen LogP contribution in [0, 0.1) is 10.1 Å². The van der Waals surface area contributed by atoms with Gasteiger partial charge in [-0.3, -0.25) is 10.1 Å². The van der Waals surface area contributed by atoms with Gasteiger partial charge in [-0.1, -0.05) is 0 Å². The Morgan fingerprint density at radius 1 is 1.25 bits per heavy atom. The molecule has 0 radical (unpaired) electrons. The van der Waals surface area contributed by atoms with Crippen LogP contribution in [0.3, 0.4) is 0 Å². The van der Waals surface area contributed by atoms with Crippen molar-refractivity contribution in [3.8, 4) is 11.7 Å². The van der Waals surface area contributed by atoms with Gasteiger partial charge in [0.15, 0.2) is 0 Å². The molecule has 2 aromatic rings. The molecule has 0 atom stereocenters. The highest BCUT2D eigenvalue weighted by molar-refractivity contribution is 5.84. The van der Waals surface area contributed by atoms with Crippen LogP contribution in [0.25, 0.3) is 6.08 Å². The highest BCUT2D eigenvalue weighted by Crippen LogP contribution is 2.25. The summed E-state index contributed by atoms with van der Waals surface area (Å²) in [6, 6.07) is 8.55. The van der Waals surface area contributed by atoms with Crippen LogP contribution < -0.4 is 4.74 Å². The second-order valence-corrected chi connectivity index (χ2v) is 3.68. The fourth-order valence-corrected chi connectivity index (χ4v) is 1.38. The maximum atomic E-state index is 10.5. The topological polar surface area (TPSA) is 103 Å². The molecule has 0 amide bonds. The fraction of sp³-hybridized carbons (Fsp3) is 0. The number of hydrogen-bond acceptors (Lipinski definition) is 5. The maximum absolute atomic E-state index is 10.5. The highest BCUT2D eigenvalue weighted by Gasteiger charge is 2.07. The highest BCUT2D eigenvalue weighted by atomic mass is 16.6. The van der Waals surface area contributed by atoms with Gasteiger partial charge in [0.2, 0.25) is 0 Å². The normalized spacial score (nSPS) is 10.6. The molecule has 0 saturated carbocycles. The molecule has 0 fully saturated rings. The molecule has 0 bridgehead atoms. The molecule has 0 spiro atoms. The number of nitro groups is 1. The number of carbonyl (C=O) groups is 1. The largest absolute Gasteiger partial charge is 0.478 e. The molecule has 1 aromatic carbocycles. The Morgan fingerprint density at radius 3 is 2.55 bits per heavy atom. The number of hydrogen-bond donors (Lipinski definition) is 1. The van der Waals surface area contributed by atoms with Crippen molar-refractivity contribution in [1.29, 1.82) is 0 Å². The Kier molecular flexibility index (Phi) is 3.80. The number of ether oxygens (including phenoxy) is 1. The molecule has 1 N–H and O–H groups in total. The minimum atomic E-state index is -1.08. The molecule has 1 aromatic heterocycles. The predicted octanol–water partition coefficient (Wildman–Crippen LogP) is 3.08. The van der Waals surface area contributed by atoms with Crippen LogP contribution in [0.5, 0.6) is 11.7 Å². The minimum Gasteiger partial charge on any atom is -0.478 e. The molecule has 0 aliphatic rings. The van der Waals surface area contributed by atoms with E-state index in [-0.39, 0.29) is 11.6 Å². The van der Waals surface area contributed by atoms with Crippen molar-refractivity contribution in [1.82, 2.24) is 0 Å². The summed E-state index contributed by atoms with van der Waals surface area (Å²) in [5, 5.41) is 19.0. The quantitative estimate of drug-likeness (QED) is 0.511. The van der Waals surface area contributed by atoms with Crippen molar-refractivity contribution in [2.24, 2.45) is 0 Å². The van der Waals surface area contributed by atoms with Crippen LogP contribution in [0.4, 0.5) is 5.69 Å². The van der Waals surface area contributed by atoms with Gasteiger partial charge in [-0.2, -0.15) is 0 Å². The van der Waals surface area contributed by atoms with Crippen LogP contribution >= 0.6 is 0 Å². The van der Waals surface area contributed by atoms with Crippen LogP contribution in [0.2, 0.25) is 0 Å². The van der Waals surface area contributed by atoms with Gasteiger partial charge < -0.3 is 14.3 Å². The molecule has 0 unspecified atom stereocenters. The van der Waals surface area contributed by atoms with Crippen LogP contribution in [-0.2, 0) is 4.79 Å². The summed E-state index contributed by atoms with van der Waals surface area (Å²) in [5.41, 5.74) is -0.0399. The molecule has 0 aliphatic heterocycles. The average molecular weight is 275 g/mol. The zero-order valence-corrected chi connectivity index (χ0v) is 10.1. The Balaban J connectivity index is 2.06. The summed E-state index contributed by atoms with van der Waals surface area (Å²) in [4.78, 5) is 20.3. The number of nitrogens with zero attached hydrogens (tertiary/aromatic N) is 1. The lowest BCUT2D eigenvalue weighted by Gasteiger charge is -2.00. The van der Waals surface area contributed by atoms with Gasteiger partial charge in [0.05, 0.1) is 4.92 Å². The zero-order chi connectivity index (χ0) is 14.5. The SMILES string of the molecule is O=C(O)C=Cc1ccc(Oc2ccc([N+](=O)[O-])cc2)o1. The van der Waals surface area contributed by atoms with Crippen molar-refractivity contribution in [2.45, 2.75) is 0 Å². The monoisotopic (exact) mass is 275 g/mol. The Hall–Kier alpha value is -3.09. The molecule has 2 rings (SSSR count). The summed E-state index contributed by atoms with van der Waals surface area (Å²) in [6.07, 6.45) is 2.22. The predicted molar refractivity (Wildman–Crippen MR) is 68.5 cm³/mol. The fourth-order valence-electron chi connectivity index (χ4n) is 1.38. The van der Waals surface area contributed by atoms with E-state index in [1.807, 2.05) is 0 Å². The van der Waals surface area contributed by atoms with Gasteiger partial charge >= 0.3 is 5.97 Å². The standard InChI is InChI=1S/C13H9NO6/c15-12(16)7-5-11-6-8-13(20-11)19-10-3-1-9(2-4-10)14(17)18/h1-8H,(H,15,16). The number of carboxylic acids is 1. The molecular formula is C13H9NO6. The van der Waals surface area contributed by atoms with Crippen molar-refractivity contribution in [3.05, 3.63) is 58.3 Å². The van der Waals surface area contributed by atoms with E-state index in [2.05, 4.69) is 0 Å². The van der Waals surface area contributed by atoms with Gasteiger partial charge in [0.25, 0.3) is 11.6 Å². The third-order valence-electron chi connectivity index (χ3n) is 2.26. The lowest BCUT2D eigenvalue weighted by atomic mass is 10.3. The minimum absolute atomic E-state index is 0.0399. The van der Waals surface area contributed by atoms with Crippen molar-refractivity contribution < 1.29 is 24.0 Å². The smallest absolute Gasteiger partial charge is 0.328 e. The van der Waals surface area contributed by atoms with Gasteiger partial charge in [-0.15, -0.1) is 0 Å². The van der Waals surface area contributed by atoms with Crippen molar-refractivity contribution >= 4 is 17.7 Å². The second-order valence-electron chi connectivity index (χ2n) is 3.68. The van der Waals surface area contributed by atoms with E-state index in [9.17, 15) is 14.9 Å². The molecular weight excluding hydrogens is 266 g/mol. The van der Waals surface area contributed by atoms with Gasteiger partial charge in [0.1, 0.15) is 11.5 Å². The molecule has 7 nitrogen and oxygen atoms in total. The van der Waals surface area contributed by atoms with Gasteiger partial charge in [0, 0.05) is 24.3 Å². The van der Waals surface area contributed by atoms with E-state index in [4.69, 9.17) is 14.3 Å². The second kappa shape index (κ2) is 5.70. The zero-order valence-electron chi connectivity index (χ0n) is 10.1. The molecule has 1 heterocycles. The van der Waals surface area contributed by atoms with Crippen LogP contribution in [-0.4, -0.2) is 16.0 Å². The summed E-state index contributed by atoms with van der Waals surface area (Å²) in [7, 11) is 0. The number of benzene rings is 1. The summed E-state index contributed by atoms with van der Waals surface area (Å²) >= 11 is 0.